The molecule has 0 radical (unpaired) electrons. The third-order valence-corrected chi connectivity index (χ3v) is 2.35. The van der Waals surface area contributed by atoms with Gasteiger partial charge < -0.3 is 15.4 Å². The molecule has 0 aliphatic carbocycles. The number of hydrogen-bond acceptors (Lipinski definition) is 4. The summed E-state index contributed by atoms with van der Waals surface area (Å²) in [4.78, 5) is 33.4. The van der Waals surface area contributed by atoms with Crippen LogP contribution < -0.4 is 10.6 Å². The van der Waals surface area contributed by atoms with Crippen molar-refractivity contribution in [2.45, 2.75) is 19.8 Å². The van der Waals surface area contributed by atoms with Crippen molar-refractivity contribution < 1.29 is 19.1 Å². The average molecular weight is 228 g/mol. The number of rotatable bonds is 4. The molecule has 0 aromatic heterocycles. The largest absolute Gasteiger partial charge is 0.465 e. The van der Waals surface area contributed by atoms with E-state index < -0.39 is 5.97 Å². The standard InChI is InChI=1S/C10H16N2O4/c1-2-16-9(14)6-12-10(15)7-3-4-8(13)11-5-7/h7H,2-6H2,1H3,(H,11,13)(H,12,15). The van der Waals surface area contributed by atoms with Crippen LogP contribution in [-0.2, 0) is 19.1 Å². The van der Waals surface area contributed by atoms with E-state index in [1.807, 2.05) is 0 Å². The van der Waals surface area contributed by atoms with Gasteiger partial charge in [0.1, 0.15) is 6.54 Å². The second kappa shape index (κ2) is 6.09. The van der Waals surface area contributed by atoms with Crippen LogP contribution in [0.25, 0.3) is 0 Å². The molecule has 1 saturated heterocycles. The van der Waals surface area contributed by atoms with Crippen LogP contribution in [0.1, 0.15) is 19.8 Å². The Morgan fingerprint density at radius 3 is 2.88 bits per heavy atom. The van der Waals surface area contributed by atoms with Crippen LogP contribution in [0.5, 0.6) is 0 Å². The molecule has 1 aliphatic rings. The van der Waals surface area contributed by atoms with Crippen LogP contribution >= 0.6 is 0 Å². The van der Waals surface area contributed by atoms with Crippen molar-refractivity contribution in [3.63, 3.8) is 0 Å². The minimum absolute atomic E-state index is 0.0329. The smallest absolute Gasteiger partial charge is 0.325 e. The Hall–Kier alpha value is -1.59. The first kappa shape index (κ1) is 12.5. The molecular formula is C10H16N2O4. The number of hydrogen-bond donors (Lipinski definition) is 2. The molecule has 1 heterocycles. The maximum absolute atomic E-state index is 11.5. The third kappa shape index (κ3) is 3.88. The Morgan fingerprint density at radius 2 is 2.31 bits per heavy atom. The average Bonchev–Trinajstić information content (AvgIpc) is 2.27. The normalized spacial score (nSPS) is 19.8. The fraction of sp³-hybridized carbons (Fsp3) is 0.700. The number of piperidine rings is 1. The maximum atomic E-state index is 11.5. The molecule has 6 heteroatoms. The molecular weight excluding hydrogens is 212 g/mol. The van der Waals surface area contributed by atoms with Crippen molar-refractivity contribution >= 4 is 17.8 Å². The van der Waals surface area contributed by atoms with Crippen LogP contribution in [0.3, 0.4) is 0 Å². The van der Waals surface area contributed by atoms with Gasteiger partial charge in [0.25, 0.3) is 0 Å². The topological polar surface area (TPSA) is 84.5 Å². The van der Waals surface area contributed by atoms with Gasteiger partial charge in [-0.25, -0.2) is 0 Å². The highest BCUT2D eigenvalue weighted by atomic mass is 16.5. The second-order valence-corrected chi connectivity index (χ2v) is 3.56. The molecule has 0 spiro atoms. The van der Waals surface area contributed by atoms with E-state index in [4.69, 9.17) is 0 Å². The number of carbonyl (C=O) groups excluding carboxylic acids is 3. The van der Waals surface area contributed by atoms with Crippen molar-refractivity contribution in [3.8, 4) is 0 Å². The zero-order valence-electron chi connectivity index (χ0n) is 9.25. The van der Waals surface area contributed by atoms with E-state index in [0.717, 1.165) is 0 Å². The summed E-state index contributed by atoms with van der Waals surface area (Å²) in [7, 11) is 0. The molecule has 6 nitrogen and oxygen atoms in total. The summed E-state index contributed by atoms with van der Waals surface area (Å²) in [6.07, 6.45) is 0.887. The zero-order valence-corrected chi connectivity index (χ0v) is 9.25. The number of carbonyl (C=O) groups is 3. The number of amides is 2. The van der Waals surface area contributed by atoms with Gasteiger partial charge in [-0.3, -0.25) is 14.4 Å². The minimum atomic E-state index is -0.448. The molecule has 1 aliphatic heterocycles. The highest BCUT2D eigenvalue weighted by molar-refractivity contribution is 5.86. The predicted molar refractivity (Wildman–Crippen MR) is 55.4 cm³/mol. The van der Waals surface area contributed by atoms with Gasteiger partial charge in [-0.15, -0.1) is 0 Å². The summed E-state index contributed by atoms with van der Waals surface area (Å²) in [6, 6.07) is 0. The van der Waals surface area contributed by atoms with E-state index in [1.165, 1.54) is 0 Å². The predicted octanol–water partition coefficient (Wildman–Crippen LogP) is -0.808. The lowest BCUT2D eigenvalue weighted by Gasteiger charge is -2.21. The fourth-order valence-electron chi connectivity index (χ4n) is 1.47. The molecule has 0 aromatic rings. The first-order valence-corrected chi connectivity index (χ1v) is 5.33. The van der Waals surface area contributed by atoms with E-state index in [9.17, 15) is 14.4 Å². The van der Waals surface area contributed by atoms with Gasteiger partial charge in [-0.2, -0.15) is 0 Å². The molecule has 0 aromatic carbocycles. The first-order chi connectivity index (χ1) is 7.63. The quantitative estimate of drug-likeness (QED) is 0.616. The van der Waals surface area contributed by atoms with E-state index in [-0.39, 0.29) is 24.3 Å². The lowest BCUT2D eigenvalue weighted by Crippen LogP contribution is -2.44. The Bertz CT molecular complexity index is 281. The van der Waals surface area contributed by atoms with Crippen LogP contribution in [0.15, 0.2) is 0 Å². The van der Waals surface area contributed by atoms with Crippen molar-refractivity contribution in [2.24, 2.45) is 5.92 Å². The van der Waals surface area contributed by atoms with Crippen LogP contribution in [0, 0.1) is 5.92 Å². The molecule has 0 saturated carbocycles. The molecule has 1 fully saturated rings. The number of nitrogens with one attached hydrogen (secondary N) is 2. The molecule has 16 heavy (non-hydrogen) atoms. The Morgan fingerprint density at radius 1 is 1.56 bits per heavy atom. The molecule has 2 N–H and O–H groups in total. The minimum Gasteiger partial charge on any atom is -0.465 e. The van der Waals surface area contributed by atoms with E-state index in [0.29, 0.717) is 26.0 Å². The summed E-state index contributed by atoms with van der Waals surface area (Å²) >= 11 is 0. The summed E-state index contributed by atoms with van der Waals surface area (Å²) in [5.41, 5.74) is 0. The van der Waals surface area contributed by atoms with Gasteiger partial charge in [0.15, 0.2) is 0 Å². The van der Waals surface area contributed by atoms with Gasteiger partial charge in [-0.05, 0) is 13.3 Å². The summed E-state index contributed by atoms with van der Waals surface area (Å²) in [5, 5.41) is 5.10. The highest BCUT2D eigenvalue weighted by Crippen LogP contribution is 2.10. The summed E-state index contributed by atoms with van der Waals surface area (Å²) in [5.74, 6) is -0.940. The van der Waals surface area contributed by atoms with Gasteiger partial charge in [0, 0.05) is 13.0 Å². The van der Waals surface area contributed by atoms with Gasteiger partial charge in [0.2, 0.25) is 11.8 Å². The van der Waals surface area contributed by atoms with Crippen molar-refractivity contribution in [2.75, 3.05) is 19.7 Å². The van der Waals surface area contributed by atoms with Crippen LogP contribution in [-0.4, -0.2) is 37.5 Å². The number of ether oxygens (including phenoxy) is 1. The van der Waals surface area contributed by atoms with Gasteiger partial charge in [-0.1, -0.05) is 0 Å². The second-order valence-electron chi connectivity index (χ2n) is 3.56. The van der Waals surface area contributed by atoms with Crippen LogP contribution in [0.2, 0.25) is 0 Å². The molecule has 1 atom stereocenters. The SMILES string of the molecule is CCOC(=O)CNC(=O)C1CCC(=O)NC1. The van der Waals surface area contributed by atoms with Crippen LogP contribution in [0.4, 0.5) is 0 Å². The number of esters is 1. The Balaban J connectivity index is 2.24. The van der Waals surface area contributed by atoms with E-state index >= 15 is 0 Å². The fourth-order valence-corrected chi connectivity index (χ4v) is 1.47. The maximum Gasteiger partial charge on any atom is 0.325 e. The van der Waals surface area contributed by atoms with Crippen molar-refractivity contribution in [1.29, 1.82) is 0 Å². The molecule has 2 amide bonds. The molecule has 90 valence electrons. The summed E-state index contributed by atoms with van der Waals surface area (Å²) < 4.78 is 4.67. The van der Waals surface area contributed by atoms with Gasteiger partial charge in [0.05, 0.1) is 12.5 Å². The summed E-state index contributed by atoms with van der Waals surface area (Å²) in [6.45, 7) is 2.23. The lowest BCUT2D eigenvalue weighted by molar-refractivity contribution is -0.144. The molecule has 1 rings (SSSR count). The Kier molecular flexibility index (Phi) is 4.75. The molecule has 0 bridgehead atoms. The van der Waals surface area contributed by atoms with Gasteiger partial charge >= 0.3 is 5.97 Å². The van der Waals surface area contributed by atoms with Crippen molar-refractivity contribution in [1.82, 2.24) is 10.6 Å². The first-order valence-electron chi connectivity index (χ1n) is 5.33. The third-order valence-electron chi connectivity index (χ3n) is 2.35. The van der Waals surface area contributed by atoms with E-state index in [1.54, 1.807) is 6.92 Å². The highest BCUT2D eigenvalue weighted by Gasteiger charge is 2.24. The van der Waals surface area contributed by atoms with E-state index in [2.05, 4.69) is 15.4 Å². The van der Waals surface area contributed by atoms with Crippen molar-refractivity contribution in [3.05, 3.63) is 0 Å². The Labute approximate surface area is 93.7 Å². The monoisotopic (exact) mass is 228 g/mol. The zero-order chi connectivity index (χ0) is 12.0. The lowest BCUT2D eigenvalue weighted by atomic mass is 9.98. The molecule has 1 unspecified atom stereocenters.